The molecule has 1 heterocycles. The molecule has 24 heavy (non-hydrogen) atoms. The van der Waals surface area contributed by atoms with E-state index in [2.05, 4.69) is 0 Å². The van der Waals surface area contributed by atoms with Crippen LogP contribution in [0.5, 0.6) is 0 Å². The first-order valence-electron chi connectivity index (χ1n) is 7.01. The zero-order valence-electron chi connectivity index (χ0n) is 14.1. The summed E-state index contributed by atoms with van der Waals surface area (Å²) in [5, 5.41) is 0. The van der Waals surface area contributed by atoms with Crippen LogP contribution in [-0.4, -0.2) is 99.9 Å². The van der Waals surface area contributed by atoms with Crippen LogP contribution in [0.2, 0.25) is 0 Å². The molecule has 0 unspecified atom stereocenters. The van der Waals surface area contributed by atoms with Crippen molar-refractivity contribution in [2.45, 2.75) is 37.5 Å². The van der Waals surface area contributed by atoms with Crippen LogP contribution in [0, 0.1) is 0 Å². The van der Waals surface area contributed by atoms with Gasteiger partial charge in [-0.05, 0) is 26.0 Å². The minimum absolute atomic E-state index is 0. The minimum atomic E-state index is -4.29. The fraction of sp³-hybridized carbons (Fsp3) is 0.500. The molecule has 1 aromatic carbocycles. The second kappa shape index (κ2) is 7.53. The van der Waals surface area contributed by atoms with Crippen molar-refractivity contribution < 1.29 is 30.5 Å². The Morgan fingerprint density at radius 3 is 2.29 bits per heavy atom. The Kier molecular flexibility index (Phi) is 7.02. The number of rotatable bonds is 5. The molecule has 0 amide bonds. The van der Waals surface area contributed by atoms with E-state index < -0.39 is 31.4 Å². The van der Waals surface area contributed by atoms with Gasteiger partial charge in [0.05, 0.1) is 20.4 Å². The van der Waals surface area contributed by atoms with Crippen molar-refractivity contribution in [3.8, 4) is 0 Å². The number of benzene rings is 1. The molecular weight excluding hydrogens is 381 g/mol. The Morgan fingerprint density at radius 2 is 1.79 bits per heavy atom. The Balaban J connectivity index is 0.00000288. The molecule has 1 aliphatic rings. The molecule has 0 saturated heterocycles. The summed E-state index contributed by atoms with van der Waals surface area (Å²) in [6.07, 6.45) is 0.179. The first kappa shape index (κ1) is 22.4. The molecule has 0 aromatic heterocycles. The zero-order chi connectivity index (χ0) is 17.6. The quantitative estimate of drug-likeness (QED) is 0.446. The summed E-state index contributed by atoms with van der Waals surface area (Å²) in [6, 6.07) is 4.32. The van der Waals surface area contributed by atoms with Crippen LogP contribution in [-0.2, 0) is 25.7 Å². The van der Waals surface area contributed by atoms with Crippen molar-refractivity contribution >= 4 is 83.0 Å². The van der Waals surface area contributed by atoms with Crippen molar-refractivity contribution in [2.24, 2.45) is 0 Å². The van der Waals surface area contributed by atoms with E-state index in [1.54, 1.807) is 6.07 Å². The maximum Gasteiger partial charge on any atom is 0.294 e. The van der Waals surface area contributed by atoms with Crippen molar-refractivity contribution in [3.05, 3.63) is 23.8 Å². The Hall–Kier alpha value is 0.346. The third-order valence-electron chi connectivity index (χ3n) is 4.32. The maximum absolute atomic E-state index is 11.3. The number of fused-ring (bicyclic) bond motifs is 1. The topological polar surface area (TPSA) is 115 Å². The van der Waals surface area contributed by atoms with Gasteiger partial charge >= 0.3 is 0 Å². The van der Waals surface area contributed by atoms with Crippen LogP contribution in [0.3, 0.4) is 0 Å². The van der Waals surface area contributed by atoms with Gasteiger partial charge in [0.2, 0.25) is 5.69 Å². The van der Waals surface area contributed by atoms with E-state index in [0.717, 1.165) is 17.0 Å². The second-order valence-corrected chi connectivity index (χ2v) is 9.08. The molecule has 7 nitrogen and oxygen atoms in total. The van der Waals surface area contributed by atoms with Gasteiger partial charge in [-0.2, -0.15) is 13.0 Å². The van der Waals surface area contributed by atoms with Crippen LogP contribution in [0.25, 0.3) is 0 Å². The molecule has 1 aromatic rings. The predicted octanol–water partition coefficient (Wildman–Crippen LogP) is 0.884. The number of hydrogen-bond donors (Lipinski definition) is 1. The standard InChI is InChI=1S/C14H19NO6S2.K/c1-10-14(2,3)12-9-11(23(19,20)21)5-6-13(12)15(10)7-4-8-22(16,17)18;/h5-6,9H,4,7-8H2,1-3H3,(H-,16,17,18,19,20,21);. The van der Waals surface area contributed by atoms with Gasteiger partial charge in [-0.1, -0.05) is 0 Å². The zero-order valence-corrected chi connectivity index (χ0v) is 18.9. The summed E-state index contributed by atoms with van der Waals surface area (Å²) in [7, 11) is -8.56. The Bertz CT molecular complexity index is 888. The predicted molar refractivity (Wildman–Crippen MR) is 89.7 cm³/mol. The summed E-state index contributed by atoms with van der Waals surface area (Å²) >= 11 is 0. The van der Waals surface area contributed by atoms with E-state index in [1.165, 1.54) is 12.1 Å². The number of hydrogen-bond acceptors (Lipinski definition) is 5. The van der Waals surface area contributed by atoms with Crippen LogP contribution in [0.1, 0.15) is 32.8 Å². The molecule has 0 aliphatic carbocycles. The summed E-state index contributed by atoms with van der Waals surface area (Å²) in [6.45, 7) is 6.05. The van der Waals surface area contributed by atoms with E-state index in [9.17, 15) is 25.9 Å². The van der Waals surface area contributed by atoms with Gasteiger partial charge in [-0.15, -0.1) is 0 Å². The van der Waals surface area contributed by atoms with Crippen molar-refractivity contribution in [1.29, 1.82) is 0 Å². The fourth-order valence-electron chi connectivity index (χ4n) is 2.81. The third-order valence-corrected chi connectivity index (χ3v) is 5.95. The van der Waals surface area contributed by atoms with Crippen LogP contribution in [0.15, 0.2) is 23.1 Å². The van der Waals surface area contributed by atoms with Gasteiger partial charge in [-0.3, -0.25) is 4.55 Å². The molecule has 0 fully saturated rings. The van der Waals surface area contributed by atoms with Crippen LogP contribution >= 0.6 is 0 Å². The monoisotopic (exact) mass is 400 g/mol. The van der Waals surface area contributed by atoms with Crippen molar-refractivity contribution in [3.63, 3.8) is 0 Å². The second-order valence-electron chi connectivity index (χ2n) is 6.13. The van der Waals surface area contributed by atoms with Crippen molar-refractivity contribution in [1.82, 2.24) is 0 Å². The summed E-state index contributed by atoms with van der Waals surface area (Å²) in [4.78, 5) is -0.180. The Labute approximate surface area is 185 Å². The normalized spacial score (nSPS) is 16.7. The molecule has 1 radical (unpaired) electrons. The van der Waals surface area contributed by atoms with Crippen molar-refractivity contribution in [2.75, 3.05) is 12.3 Å². The summed E-state index contributed by atoms with van der Waals surface area (Å²) in [5.74, 6) is -0.449. The summed E-state index contributed by atoms with van der Waals surface area (Å²) in [5.41, 5.74) is 1.94. The molecular formula is C14H19KNO6S2. The number of nitrogens with zero attached hydrogens (tertiary/aromatic N) is 1. The minimum Gasteiger partial charge on any atom is -0.748 e. The molecule has 1 aliphatic heterocycles. The molecule has 1 N–H and O–H groups in total. The maximum atomic E-state index is 11.3. The first-order chi connectivity index (χ1) is 10.3. The molecule has 129 valence electrons. The molecule has 0 bridgehead atoms. The van der Waals surface area contributed by atoms with E-state index >= 15 is 0 Å². The van der Waals surface area contributed by atoms with Gasteiger partial charge in [0.15, 0.2) is 5.71 Å². The first-order valence-corrected chi connectivity index (χ1v) is 10.0. The molecule has 2 rings (SSSR count). The SMILES string of the molecule is CC1=[N+](CCCS(=O)(=O)[O-])c2ccc(S(=O)(=O)O)cc2C1(C)C.[K]. The Morgan fingerprint density at radius 1 is 1.21 bits per heavy atom. The molecule has 0 saturated carbocycles. The van der Waals surface area contributed by atoms with Crippen LogP contribution in [0.4, 0.5) is 5.69 Å². The average Bonchev–Trinajstić information content (AvgIpc) is 2.57. The largest absolute Gasteiger partial charge is 0.748 e. The van der Waals surface area contributed by atoms with Gasteiger partial charge in [0.25, 0.3) is 10.1 Å². The van der Waals surface area contributed by atoms with Gasteiger partial charge in [0, 0.05) is 82.1 Å². The fourth-order valence-corrected chi connectivity index (χ4v) is 3.80. The molecule has 0 atom stereocenters. The van der Waals surface area contributed by atoms with Crippen LogP contribution < -0.4 is 0 Å². The third kappa shape index (κ3) is 4.74. The van der Waals surface area contributed by atoms with Gasteiger partial charge in [0.1, 0.15) is 6.54 Å². The van der Waals surface area contributed by atoms with E-state index in [4.69, 9.17) is 0 Å². The van der Waals surface area contributed by atoms with E-state index in [-0.39, 0.29) is 62.7 Å². The van der Waals surface area contributed by atoms with E-state index in [1.807, 2.05) is 25.3 Å². The van der Waals surface area contributed by atoms with Gasteiger partial charge in [-0.25, -0.2) is 8.42 Å². The smallest absolute Gasteiger partial charge is 0.294 e. The summed E-state index contributed by atoms with van der Waals surface area (Å²) < 4.78 is 66.0. The van der Waals surface area contributed by atoms with E-state index in [0.29, 0.717) is 6.54 Å². The molecule has 10 heteroatoms. The van der Waals surface area contributed by atoms with Gasteiger partial charge < -0.3 is 4.55 Å². The molecule has 0 spiro atoms. The average molecular weight is 401 g/mol.